The molecular formula is C29H26O2S4. The van der Waals surface area contributed by atoms with Crippen LogP contribution < -0.4 is 0 Å². The molecule has 0 radical (unpaired) electrons. The topological polar surface area (TPSA) is 22.4 Å². The molecule has 2 fully saturated rings. The van der Waals surface area contributed by atoms with E-state index >= 15 is 0 Å². The van der Waals surface area contributed by atoms with Crippen LogP contribution in [0.5, 0.6) is 0 Å². The molecule has 4 aromatic heterocycles. The Morgan fingerprint density at radius 2 is 1.83 bits per heavy atom. The summed E-state index contributed by atoms with van der Waals surface area (Å²) in [6, 6.07) is 24.7. The van der Waals surface area contributed by atoms with Crippen molar-refractivity contribution in [1.82, 2.24) is 0 Å². The van der Waals surface area contributed by atoms with Gasteiger partial charge in [-0.1, -0.05) is 30.3 Å². The molecule has 6 heteroatoms. The molecule has 35 heavy (non-hydrogen) atoms. The van der Waals surface area contributed by atoms with Crippen LogP contribution in [-0.2, 0) is 21.3 Å². The van der Waals surface area contributed by atoms with Crippen LogP contribution in [0.3, 0.4) is 0 Å². The van der Waals surface area contributed by atoms with E-state index in [1.165, 1.54) is 24.7 Å². The number of thiophene rings is 3. The molecule has 2 nitrogen and oxygen atoms in total. The van der Waals surface area contributed by atoms with Gasteiger partial charge in [-0.15, -0.1) is 45.8 Å². The maximum Gasteiger partial charge on any atom is 0.108 e. The van der Waals surface area contributed by atoms with Crippen LogP contribution >= 0.6 is 45.8 Å². The molecule has 1 aromatic carbocycles. The van der Waals surface area contributed by atoms with Gasteiger partial charge in [0, 0.05) is 44.0 Å². The summed E-state index contributed by atoms with van der Waals surface area (Å²) in [4.78, 5) is 4.34. The van der Waals surface area contributed by atoms with E-state index in [1.54, 1.807) is 0 Å². The molecule has 4 atom stereocenters. The largest absolute Gasteiger partial charge is 0.469 e. The van der Waals surface area contributed by atoms with E-state index in [-0.39, 0.29) is 22.2 Å². The molecule has 0 N–H and O–H groups in total. The molecule has 0 aliphatic carbocycles. The summed E-state index contributed by atoms with van der Waals surface area (Å²) in [6.45, 7) is 0.842. The smallest absolute Gasteiger partial charge is 0.108 e. The first-order valence-electron chi connectivity index (χ1n) is 12.2. The van der Waals surface area contributed by atoms with Crippen LogP contribution in [-0.4, -0.2) is 18.5 Å². The van der Waals surface area contributed by atoms with Gasteiger partial charge in [0.25, 0.3) is 0 Å². The summed E-state index contributed by atoms with van der Waals surface area (Å²) in [5, 5.41) is 5.80. The summed E-state index contributed by atoms with van der Waals surface area (Å²) >= 11 is 7.89. The number of hydrogen-bond donors (Lipinski definition) is 0. The number of benzene rings is 1. The number of rotatable bonds is 6. The van der Waals surface area contributed by atoms with Gasteiger partial charge in [0.15, 0.2) is 0 Å². The molecule has 6 heterocycles. The molecular weight excluding hydrogens is 509 g/mol. The second kappa shape index (κ2) is 8.93. The molecule has 0 bridgehead atoms. The third-order valence-electron chi connectivity index (χ3n) is 7.79. The minimum Gasteiger partial charge on any atom is -0.469 e. The lowest BCUT2D eigenvalue weighted by molar-refractivity contribution is 0.0137. The predicted octanol–water partition coefficient (Wildman–Crippen LogP) is 8.70. The summed E-state index contributed by atoms with van der Waals surface area (Å²) < 4.78 is 14.1. The normalized spacial score (nSPS) is 28.8. The van der Waals surface area contributed by atoms with E-state index < -0.39 is 0 Å². The second-order valence-electron chi connectivity index (χ2n) is 9.46. The van der Waals surface area contributed by atoms with Gasteiger partial charge in [0.1, 0.15) is 5.76 Å². The fourth-order valence-corrected chi connectivity index (χ4v) is 11.9. The van der Waals surface area contributed by atoms with Gasteiger partial charge in [-0.2, -0.15) is 0 Å². The molecule has 4 unspecified atom stereocenters. The zero-order valence-corrected chi connectivity index (χ0v) is 22.5. The first kappa shape index (κ1) is 22.4. The maximum absolute atomic E-state index is 6.72. The lowest BCUT2D eigenvalue weighted by atomic mass is 9.59. The molecule has 0 saturated carbocycles. The summed E-state index contributed by atoms with van der Waals surface area (Å²) in [5.74, 6) is 2.36. The Balaban J connectivity index is 1.55. The van der Waals surface area contributed by atoms with Crippen LogP contribution in [0, 0.1) is 0 Å². The highest BCUT2D eigenvalue weighted by molar-refractivity contribution is 8.00. The summed E-state index contributed by atoms with van der Waals surface area (Å²) in [6.07, 6.45) is 5.20. The third kappa shape index (κ3) is 3.37. The molecule has 178 valence electrons. The first-order chi connectivity index (χ1) is 17.3. The summed E-state index contributed by atoms with van der Waals surface area (Å²) in [5.41, 5.74) is -0.217. The Bertz CT molecular complexity index is 1360. The first-order valence-corrected chi connectivity index (χ1v) is 15.7. The van der Waals surface area contributed by atoms with Crippen LogP contribution in [0.2, 0.25) is 0 Å². The Morgan fingerprint density at radius 1 is 0.914 bits per heavy atom. The van der Waals surface area contributed by atoms with Gasteiger partial charge >= 0.3 is 0 Å². The van der Waals surface area contributed by atoms with Crippen molar-refractivity contribution in [1.29, 1.82) is 0 Å². The molecule has 0 spiro atoms. The third-order valence-corrected chi connectivity index (χ3v) is 12.8. The van der Waals surface area contributed by atoms with E-state index in [2.05, 4.69) is 83.2 Å². The van der Waals surface area contributed by atoms with E-state index in [4.69, 9.17) is 9.15 Å². The minimum atomic E-state index is -0.217. The lowest BCUT2D eigenvalue weighted by Gasteiger charge is -2.50. The van der Waals surface area contributed by atoms with Crippen LogP contribution in [0.15, 0.2) is 88.2 Å². The average Bonchev–Trinajstić information content (AvgIpc) is 3.72. The molecule has 0 amide bonds. The van der Waals surface area contributed by atoms with Gasteiger partial charge in [-0.05, 0) is 65.4 Å². The Morgan fingerprint density at radius 3 is 2.57 bits per heavy atom. The van der Waals surface area contributed by atoms with Crippen molar-refractivity contribution in [2.24, 2.45) is 0 Å². The van der Waals surface area contributed by atoms with Crippen LogP contribution in [0.1, 0.15) is 39.2 Å². The average molecular weight is 535 g/mol. The Hall–Kier alpha value is -1.83. The number of thioether (sulfide) groups is 1. The fourth-order valence-electron chi connectivity index (χ4n) is 6.42. The Labute approximate surface area is 222 Å². The van der Waals surface area contributed by atoms with Gasteiger partial charge in [-0.25, -0.2) is 0 Å². The predicted molar refractivity (Wildman–Crippen MR) is 150 cm³/mol. The summed E-state index contributed by atoms with van der Waals surface area (Å²) in [7, 11) is 0. The van der Waals surface area contributed by atoms with Gasteiger partial charge < -0.3 is 9.15 Å². The number of furan rings is 1. The lowest BCUT2D eigenvalue weighted by Crippen LogP contribution is -2.55. The maximum atomic E-state index is 6.72. The highest BCUT2D eigenvalue weighted by Gasteiger charge is 2.68. The van der Waals surface area contributed by atoms with Crippen molar-refractivity contribution < 1.29 is 9.15 Å². The zero-order valence-electron chi connectivity index (χ0n) is 19.2. The van der Waals surface area contributed by atoms with Crippen molar-refractivity contribution in [2.45, 2.75) is 41.4 Å². The minimum absolute atomic E-state index is 0.149. The van der Waals surface area contributed by atoms with Gasteiger partial charge in [0.05, 0.1) is 22.5 Å². The Kier molecular flexibility index (Phi) is 5.71. The molecule has 2 saturated heterocycles. The highest BCUT2D eigenvalue weighted by atomic mass is 32.2. The van der Waals surface area contributed by atoms with E-state index in [0.29, 0.717) is 0 Å². The quantitative estimate of drug-likeness (QED) is 0.217. The number of ether oxygens (including phenoxy) is 1. The van der Waals surface area contributed by atoms with E-state index in [0.717, 1.165) is 37.4 Å². The van der Waals surface area contributed by atoms with E-state index in [9.17, 15) is 0 Å². The molecule has 2 aliphatic rings. The number of fused-ring (bicyclic) bond motifs is 1. The zero-order chi connectivity index (χ0) is 23.3. The van der Waals surface area contributed by atoms with Crippen LogP contribution in [0.25, 0.3) is 10.1 Å². The molecule has 7 rings (SSSR count). The van der Waals surface area contributed by atoms with Crippen molar-refractivity contribution >= 4 is 55.9 Å². The number of hydrogen-bond acceptors (Lipinski definition) is 6. The van der Waals surface area contributed by atoms with E-state index in [1.807, 2.05) is 46.3 Å². The standard InChI is InChI=1S/C29H26O2S4/c1-2-10-24-20(7-1)17-27(35-24)28(18-21-8-5-15-32-21)29(25-11-4-14-31-25,26-12-6-16-33-26)22(19-34-28)23-9-3-13-30-23/h1-3,5-10,12-13,15-17,22,25H,4,11,14,18-19H2. The molecule has 2 aliphatic heterocycles. The highest BCUT2D eigenvalue weighted by Crippen LogP contribution is 2.70. The van der Waals surface area contributed by atoms with Crippen molar-refractivity contribution in [3.05, 3.63) is 104 Å². The van der Waals surface area contributed by atoms with Crippen molar-refractivity contribution in [3.63, 3.8) is 0 Å². The monoisotopic (exact) mass is 534 g/mol. The SMILES string of the molecule is c1coc(C2CSC(Cc3cccs3)(c3cc4ccccc4s3)C2(c2cccs2)C2CCCO2)c1. The van der Waals surface area contributed by atoms with Crippen LogP contribution in [0.4, 0.5) is 0 Å². The molecule has 5 aromatic rings. The second-order valence-corrected chi connectivity index (χ2v) is 13.8. The van der Waals surface area contributed by atoms with Crippen molar-refractivity contribution in [3.8, 4) is 0 Å². The van der Waals surface area contributed by atoms with Crippen molar-refractivity contribution in [2.75, 3.05) is 12.4 Å². The van der Waals surface area contributed by atoms with Gasteiger partial charge in [-0.3, -0.25) is 0 Å². The van der Waals surface area contributed by atoms with Gasteiger partial charge in [0.2, 0.25) is 0 Å². The fraction of sp³-hybridized carbons (Fsp3) is 0.310.